The fourth-order valence-corrected chi connectivity index (χ4v) is 2.38. The van der Waals surface area contributed by atoms with Gasteiger partial charge in [-0.15, -0.1) is 0 Å². The van der Waals surface area contributed by atoms with Crippen LogP contribution in [0.15, 0.2) is 42.5 Å². The molecule has 0 amide bonds. The van der Waals surface area contributed by atoms with Gasteiger partial charge >= 0.3 is 0 Å². The molecular formula is C17H22N2O. The average molecular weight is 270 g/mol. The minimum absolute atomic E-state index is 0.0855. The molecule has 0 aliphatic rings. The number of rotatable bonds is 6. The van der Waals surface area contributed by atoms with E-state index in [4.69, 9.17) is 5.73 Å². The normalized spacial score (nSPS) is 14.2. The molecule has 3 N–H and O–H groups in total. The van der Waals surface area contributed by atoms with Crippen molar-refractivity contribution in [3.05, 3.63) is 48.0 Å². The van der Waals surface area contributed by atoms with E-state index in [1.807, 2.05) is 49.4 Å². The molecule has 0 bridgehead atoms. The summed E-state index contributed by atoms with van der Waals surface area (Å²) >= 11 is 0. The summed E-state index contributed by atoms with van der Waals surface area (Å²) in [6.45, 7) is 3.95. The van der Waals surface area contributed by atoms with Crippen molar-refractivity contribution in [2.75, 3.05) is 0 Å². The summed E-state index contributed by atoms with van der Waals surface area (Å²) < 4.78 is 0. The molecule has 2 unspecified atom stereocenters. The predicted octanol–water partition coefficient (Wildman–Crippen LogP) is 3.09. The van der Waals surface area contributed by atoms with Crippen LogP contribution in [0.4, 0.5) is 0 Å². The molecule has 0 aromatic heterocycles. The lowest BCUT2D eigenvalue weighted by atomic mass is 10.0. The highest BCUT2D eigenvalue weighted by Crippen LogP contribution is 2.16. The van der Waals surface area contributed by atoms with E-state index in [2.05, 4.69) is 12.2 Å². The van der Waals surface area contributed by atoms with Crippen molar-refractivity contribution in [3.8, 4) is 0 Å². The molecule has 0 aliphatic heterocycles. The molecule has 0 saturated carbocycles. The zero-order chi connectivity index (χ0) is 14.5. The fraction of sp³-hybridized carbons (Fsp3) is 0.353. The molecule has 2 atom stereocenters. The lowest BCUT2D eigenvalue weighted by molar-refractivity contribution is 0.0944. The molecule has 106 valence electrons. The molecule has 3 heteroatoms. The lowest BCUT2D eigenvalue weighted by Gasteiger charge is -2.18. The Morgan fingerprint density at radius 3 is 2.60 bits per heavy atom. The summed E-state index contributed by atoms with van der Waals surface area (Å²) in [6.07, 6.45) is 1.75. The monoisotopic (exact) mass is 270 g/mol. The van der Waals surface area contributed by atoms with E-state index in [0.29, 0.717) is 0 Å². The zero-order valence-electron chi connectivity index (χ0n) is 12.1. The van der Waals surface area contributed by atoms with E-state index in [9.17, 15) is 4.79 Å². The van der Waals surface area contributed by atoms with Crippen LogP contribution in [-0.2, 0) is 0 Å². The third-order valence-corrected chi connectivity index (χ3v) is 3.49. The van der Waals surface area contributed by atoms with Crippen LogP contribution in [0, 0.1) is 0 Å². The van der Waals surface area contributed by atoms with Gasteiger partial charge in [0.2, 0.25) is 0 Å². The Bertz CT molecular complexity index is 594. The number of fused-ring (bicyclic) bond motifs is 1. The van der Waals surface area contributed by atoms with E-state index in [-0.39, 0.29) is 18.0 Å². The maximum atomic E-state index is 12.4. The van der Waals surface area contributed by atoms with Gasteiger partial charge in [0.15, 0.2) is 5.78 Å². The van der Waals surface area contributed by atoms with E-state index in [1.165, 1.54) is 0 Å². The number of ketones is 1. The first-order chi connectivity index (χ1) is 9.61. The van der Waals surface area contributed by atoms with Gasteiger partial charge in [0.25, 0.3) is 0 Å². The summed E-state index contributed by atoms with van der Waals surface area (Å²) in [5, 5.41) is 5.39. The summed E-state index contributed by atoms with van der Waals surface area (Å²) in [5.74, 6) is 0.0855. The van der Waals surface area contributed by atoms with Crippen LogP contribution in [0.3, 0.4) is 0 Å². The molecular weight excluding hydrogens is 248 g/mol. The summed E-state index contributed by atoms with van der Waals surface area (Å²) in [4.78, 5) is 12.4. The molecule has 0 heterocycles. The maximum Gasteiger partial charge on any atom is 0.179 e. The van der Waals surface area contributed by atoms with Crippen molar-refractivity contribution < 1.29 is 4.79 Å². The third-order valence-electron chi connectivity index (χ3n) is 3.49. The number of nitrogens with one attached hydrogen (secondary N) is 1. The maximum absolute atomic E-state index is 12.4. The highest BCUT2D eigenvalue weighted by molar-refractivity contribution is 6.02. The van der Waals surface area contributed by atoms with Gasteiger partial charge in [0.05, 0.1) is 12.2 Å². The molecule has 0 radical (unpaired) electrons. The van der Waals surface area contributed by atoms with Gasteiger partial charge in [-0.05, 0) is 30.2 Å². The molecule has 2 aromatic rings. The molecule has 0 aliphatic carbocycles. The Balaban J connectivity index is 2.14. The van der Waals surface area contributed by atoms with Gasteiger partial charge in [-0.2, -0.15) is 0 Å². The van der Waals surface area contributed by atoms with Gasteiger partial charge in [0.1, 0.15) is 0 Å². The molecule has 20 heavy (non-hydrogen) atoms. The number of carbonyl (C=O) groups is 1. The Morgan fingerprint density at radius 1 is 1.20 bits per heavy atom. The number of Topliss-reactive ketones (excluding diaryl/α,β-unsaturated/α-hetero) is 1. The topological polar surface area (TPSA) is 55.1 Å². The van der Waals surface area contributed by atoms with Crippen LogP contribution in [0.2, 0.25) is 0 Å². The zero-order valence-corrected chi connectivity index (χ0v) is 12.1. The van der Waals surface area contributed by atoms with Gasteiger partial charge in [-0.1, -0.05) is 49.7 Å². The molecule has 2 rings (SSSR count). The quantitative estimate of drug-likeness (QED) is 0.626. The van der Waals surface area contributed by atoms with Crippen molar-refractivity contribution in [3.63, 3.8) is 0 Å². The summed E-state index contributed by atoms with van der Waals surface area (Å²) in [7, 11) is 0. The van der Waals surface area contributed by atoms with Crippen LogP contribution in [-0.4, -0.2) is 18.0 Å². The molecule has 0 fully saturated rings. The summed E-state index contributed by atoms with van der Waals surface area (Å²) in [5.41, 5.74) is 6.66. The predicted molar refractivity (Wildman–Crippen MR) is 83.8 cm³/mol. The van der Waals surface area contributed by atoms with Gasteiger partial charge in [0, 0.05) is 5.56 Å². The number of hydrogen-bond acceptors (Lipinski definition) is 3. The highest BCUT2D eigenvalue weighted by Gasteiger charge is 2.17. The second-order valence-electron chi connectivity index (χ2n) is 5.21. The Hall–Kier alpha value is -1.71. The van der Waals surface area contributed by atoms with Gasteiger partial charge in [-0.25, -0.2) is 0 Å². The second kappa shape index (κ2) is 6.64. The van der Waals surface area contributed by atoms with Gasteiger partial charge < -0.3 is 5.73 Å². The standard InChI is InChI=1S/C17H22N2O/c1-3-6-16(18)19-12(2)17(20)15-10-9-13-7-4-5-8-14(13)11-15/h4-5,7-12,16,19H,3,6,18H2,1-2H3. The first-order valence-electron chi connectivity index (χ1n) is 7.16. The first-order valence-corrected chi connectivity index (χ1v) is 7.16. The summed E-state index contributed by atoms with van der Waals surface area (Å²) in [6, 6.07) is 13.6. The minimum atomic E-state index is -0.266. The Labute approximate surface area is 120 Å². The number of hydrogen-bond donors (Lipinski definition) is 2. The van der Waals surface area contributed by atoms with Crippen LogP contribution in [0.1, 0.15) is 37.0 Å². The number of nitrogens with two attached hydrogens (primary N) is 1. The van der Waals surface area contributed by atoms with Crippen LogP contribution >= 0.6 is 0 Å². The molecule has 2 aromatic carbocycles. The highest BCUT2D eigenvalue weighted by atomic mass is 16.1. The Morgan fingerprint density at radius 2 is 1.90 bits per heavy atom. The van der Waals surface area contributed by atoms with Crippen LogP contribution in [0.5, 0.6) is 0 Å². The Kier molecular flexibility index (Phi) is 4.88. The van der Waals surface area contributed by atoms with E-state index in [1.54, 1.807) is 0 Å². The van der Waals surface area contributed by atoms with Gasteiger partial charge in [-0.3, -0.25) is 10.1 Å². The molecule has 3 nitrogen and oxygen atoms in total. The van der Waals surface area contributed by atoms with Crippen LogP contribution in [0.25, 0.3) is 10.8 Å². The number of carbonyl (C=O) groups excluding carboxylic acids is 1. The van der Waals surface area contributed by atoms with Crippen molar-refractivity contribution in [2.24, 2.45) is 5.73 Å². The lowest BCUT2D eigenvalue weighted by Crippen LogP contribution is -2.46. The first kappa shape index (κ1) is 14.7. The average Bonchev–Trinajstić information content (AvgIpc) is 2.46. The minimum Gasteiger partial charge on any atom is -0.316 e. The van der Waals surface area contributed by atoms with Crippen molar-refractivity contribution in [1.29, 1.82) is 0 Å². The fourth-order valence-electron chi connectivity index (χ4n) is 2.38. The molecule has 0 saturated heterocycles. The van der Waals surface area contributed by atoms with Crippen molar-refractivity contribution >= 4 is 16.6 Å². The largest absolute Gasteiger partial charge is 0.316 e. The van der Waals surface area contributed by atoms with Crippen LogP contribution < -0.4 is 11.1 Å². The number of benzene rings is 2. The third kappa shape index (κ3) is 3.44. The second-order valence-corrected chi connectivity index (χ2v) is 5.21. The van der Waals surface area contributed by atoms with E-state index < -0.39 is 0 Å². The van der Waals surface area contributed by atoms with Crippen molar-refractivity contribution in [1.82, 2.24) is 5.32 Å². The van der Waals surface area contributed by atoms with E-state index in [0.717, 1.165) is 29.2 Å². The van der Waals surface area contributed by atoms with E-state index >= 15 is 0 Å². The SMILES string of the molecule is CCCC(N)NC(C)C(=O)c1ccc2ccccc2c1. The van der Waals surface area contributed by atoms with Crippen molar-refractivity contribution in [2.45, 2.75) is 38.9 Å². The molecule has 0 spiro atoms. The smallest absolute Gasteiger partial charge is 0.179 e.